The minimum Gasteiger partial charge on any atom is -0.484 e. The third-order valence-corrected chi connectivity index (χ3v) is 3.31. The second kappa shape index (κ2) is 6.33. The quantitative estimate of drug-likeness (QED) is 0.912. The summed E-state index contributed by atoms with van der Waals surface area (Å²) in [6.45, 7) is 7.16. The number of nitrogens with zero attached hydrogens (tertiary/aromatic N) is 1. The van der Waals surface area contributed by atoms with Crippen LogP contribution in [0.2, 0.25) is 0 Å². The molecule has 1 heterocycles. The summed E-state index contributed by atoms with van der Waals surface area (Å²) in [6, 6.07) is 5.05. The molecule has 1 N–H and O–H groups in total. The molecule has 2 aromatic rings. The summed E-state index contributed by atoms with van der Waals surface area (Å²) in [5, 5.41) is 5.21. The number of thiazole rings is 1. The Morgan fingerprint density at radius 1 is 1.35 bits per heavy atom. The highest BCUT2D eigenvalue weighted by Crippen LogP contribution is 2.20. The summed E-state index contributed by atoms with van der Waals surface area (Å²) in [5.74, 6) is -0.0778. The van der Waals surface area contributed by atoms with Crippen molar-refractivity contribution in [1.29, 1.82) is 0 Å². The molecule has 0 radical (unpaired) electrons. The molecular formula is C15H19FN2OS. The Kier molecular flexibility index (Phi) is 4.73. The van der Waals surface area contributed by atoms with Crippen LogP contribution in [0.25, 0.3) is 0 Å². The Hall–Kier alpha value is -1.46. The van der Waals surface area contributed by atoms with E-state index in [0.717, 1.165) is 11.3 Å². The van der Waals surface area contributed by atoms with Crippen molar-refractivity contribution in [3.05, 3.63) is 46.2 Å². The molecule has 1 aromatic heterocycles. The zero-order valence-corrected chi connectivity index (χ0v) is 12.8. The lowest BCUT2D eigenvalue weighted by Crippen LogP contribution is -2.35. The molecule has 0 saturated heterocycles. The van der Waals surface area contributed by atoms with Crippen LogP contribution in [0.15, 0.2) is 29.1 Å². The number of rotatable bonds is 5. The van der Waals surface area contributed by atoms with Crippen LogP contribution < -0.4 is 10.1 Å². The highest BCUT2D eigenvalue weighted by atomic mass is 32.1. The Balaban J connectivity index is 1.95. The molecule has 0 aliphatic heterocycles. The van der Waals surface area contributed by atoms with Crippen LogP contribution in [0.4, 0.5) is 4.39 Å². The van der Waals surface area contributed by atoms with Gasteiger partial charge in [-0.15, -0.1) is 11.3 Å². The van der Waals surface area contributed by atoms with Crippen LogP contribution in [-0.2, 0) is 13.2 Å². The van der Waals surface area contributed by atoms with Gasteiger partial charge in [0.05, 0.1) is 11.2 Å². The van der Waals surface area contributed by atoms with Gasteiger partial charge in [0.15, 0.2) is 11.6 Å². The topological polar surface area (TPSA) is 34.1 Å². The summed E-state index contributed by atoms with van der Waals surface area (Å²) < 4.78 is 19.4. The second-order valence-corrected chi connectivity index (χ2v) is 6.36. The van der Waals surface area contributed by atoms with E-state index >= 15 is 0 Å². The molecule has 0 fully saturated rings. The van der Waals surface area contributed by atoms with Crippen molar-refractivity contribution in [2.75, 3.05) is 0 Å². The number of benzene rings is 1. The molecule has 5 heteroatoms. The normalized spacial score (nSPS) is 11.6. The second-order valence-electron chi connectivity index (χ2n) is 5.64. The van der Waals surface area contributed by atoms with Gasteiger partial charge in [-0.05, 0) is 38.5 Å². The molecule has 0 bridgehead atoms. The number of hydrogen-bond acceptors (Lipinski definition) is 4. The molecule has 0 spiro atoms. The average Bonchev–Trinajstić information content (AvgIpc) is 2.87. The first-order valence-corrected chi connectivity index (χ1v) is 7.42. The van der Waals surface area contributed by atoms with Crippen molar-refractivity contribution in [2.24, 2.45) is 0 Å². The zero-order chi connectivity index (χ0) is 14.6. The fraction of sp³-hybridized carbons (Fsp3) is 0.400. The molecule has 108 valence electrons. The summed E-state index contributed by atoms with van der Waals surface area (Å²) in [4.78, 5) is 4.10. The predicted molar refractivity (Wildman–Crippen MR) is 79.4 cm³/mol. The van der Waals surface area contributed by atoms with Gasteiger partial charge >= 0.3 is 0 Å². The van der Waals surface area contributed by atoms with Crippen LogP contribution in [0.1, 0.15) is 32.0 Å². The minimum atomic E-state index is -0.339. The largest absolute Gasteiger partial charge is 0.484 e. The number of hydrogen-bond donors (Lipinski definition) is 1. The van der Waals surface area contributed by atoms with E-state index in [0.29, 0.717) is 13.2 Å². The molecule has 0 aliphatic rings. The number of halogens is 1. The van der Waals surface area contributed by atoms with E-state index < -0.39 is 0 Å². The highest BCUT2D eigenvalue weighted by molar-refractivity contribution is 7.07. The standard InChI is InChI=1S/C15H19FN2OS/c1-15(2,3)18-7-11-4-5-14(13(16)6-11)19-8-12-9-20-10-17-12/h4-6,9-10,18H,7-8H2,1-3H3. The first-order valence-electron chi connectivity index (χ1n) is 6.47. The zero-order valence-electron chi connectivity index (χ0n) is 11.9. The first kappa shape index (κ1) is 14.9. The fourth-order valence-electron chi connectivity index (χ4n) is 1.60. The van der Waals surface area contributed by atoms with Gasteiger partial charge < -0.3 is 10.1 Å². The molecule has 0 saturated carbocycles. The predicted octanol–water partition coefficient (Wildman–Crippen LogP) is 3.75. The van der Waals surface area contributed by atoms with Gasteiger partial charge in [-0.3, -0.25) is 0 Å². The number of aromatic nitrogens is 1. The maximum Gasteiger partial charge on any atom is 0.165 e. The van der Waals surface area contributed by atoms with E-state index in [1.54, 1.807) is 11.6 Å². The molecule has 3 nitrogen and oxygen atoms in total. The first-order chi connectivity index (χ1) is 9.44. The fourth-order valence-corrected chi connectivity index (χ4v) is 2.14. The molecule has 2 rings (SSSR count). The number of ether oxygens (including phenoxy) is 1. The van der Waals surface area contributed by atoms with E-state index in [1.165, 1.54) is 17.4 Å². The van der Waals surface area contributed by atoms with E-state index in [-0.39, 0.29) is 17.1 Å². The van der Waals surface area contributed by atoms with Crippen LogP contribution in [0, 0.1) is 5.82 Å². The molecular weight excluding hydrogens is 275 g/mol. The van der Waals surface area contributed by atoms with Gasteiger partial charge in [-0.1, -0.05) is 6.07 Å². The highest BCUT2D eigenvalue weighted by Gasteiger charge is 2.10. The Morgan fingerprint density at radius 2 is 2.15 bits per heavy atom. The van der Waals surface area contributed by atoms with Gasteiger partial charge in [0, 0.05) is 17.5 Å². The van der Waals surface area contributed by atoms with Gasteiger partial charge in [0.2, 0.25) is 0 Å². The third-order valence-electron chi connectivity index (χ3n) is 2.68. The monoisotopic (exact) mass is 294 g/mol. The summed E-state index contributed by atoms with van der Waals surface area (Å²) in [7, 11) is 0. The van der Waals surface area contributed by atoms with Gasteiger partial charge in [-0.2, -0.15) is 0 Å². The van der Waals surface area contributed by atoms with Crippen LogP contribution >= 0.6 is 11.3 Å². The number of nitrogens with one attached hydrogen (secondary N) is 1. The maximum atomic E-state index is 13.9. The lowest BCUT2D eigenvalue weighted by molar-refractivity contribution is 0.286. The molecule has 0 atom stereocenters. The SMILES string of the molecule is CC(C)(C)NCc1ccc(OCc2cscn2)c(F)c1. The lowest BCUT2D eigenvalue weighted by Gasteiger charge is -2.20. The van der Waals surface area contributed by atoms with E-state index in [2.05, 4.69) is 31.1 Å². The Morgan fingerprint density at radius 3 is 2.75 bits per heavy atom. The summed E-state index contributed by atoms with van der Waals surface area (Å²) in [5.41, 5.74) is 3.46. The van der Waals surface area contributed by atoms with Gasteiger partial charge in [-0.25, -0.2) is 9.37 Å². The minimum absolute atomic E-state index is 0.0102. The average molecular weight is 294 g/mol. The van der Waals surface area contributed by atoms with Crippen LogP contribution in [0.3, 0.4) is 0 Å². The molecule has 0 unspecified atom stereocenters. The third kappa shape index (κ3) is 4.58. The lowest BCUT2D eigenvalue weighted by atomic mass is 10.1. The van der Waals surface area contributed by atoms with Crippen LogP contribution in [-0.4, -0.2) is 10.5 Å². The maximum absolute atomic E-state index is 13.9. The van der Waals surface area contributed by atoms with Crippen molar-refractivity contribution in [2.45, 2.75) is 39.5 Å². The Labute approximate surface area is 122 Å². The van der Waals surface area contributed by atoms with Crippen molar-refractivity contribution in [3.8, 4) is 5.75 Å². The van der Waals surface area contributed by atoms with Crippen molar-refractivity contribution in [1.82, 2.24) is 10.3 Å². The van der Waals surface area contributed by atoms with Crippen molar-refractivity contribution in [3.63, 3.8) is 0 Å². The van der Waals surface area contributed by atoms with Crippen molar-refractivity contribution >= 4 is 11.3 Å². The Bertz CT molecular complexity index is 549. The van der Waals surface area contributed by atoms with E-state index in [4.69, 9.17) is 4.74 Å². The van der Waals surface area contributed by atoms with E-state index in [1.807, 2.05) is 11.4 Å². The summed E-state index contributed by atoms with van der Waals surface area (Å²) >= 11 is 1.50. The molecule has 0 amide bonds. The molecule has 20 heavy (non-hydrogen) atoms. The summed E-state index contributed by atoms with van der Waals surface area (Å²) in [6.07, 6.45) is 0. The van der Waals surface area contributed by atoms with Crippen LogP contribution in [0.5, 0.6) is 5.75 Å². The van der Waals surface area contributed by atoms with Crippen molar-refractivity contribution < 1.29 is 9.13 Å². The molecule has 1 aromatic carbocycles. The smallest absolute Gasteiger partial charge is 0.165 e. The molecule has 0 aliphatic carbocycles. The van der Waals surface area contributed by atoms with Gasteiger partial charge in [0.1, 0.15) is 6.61 Å². The van der Waals surface area contributed by atoms with Gasteiger partial charge in [0.25, 0.3) is 0 Å². The van der Waals surface area contributed by atoms with E-state index in [9.17, 15) is 4.39 Å².